The van der Waals surface area contributed by atoms with E-state index in [-0.39, 0.29) is 0 Å². The van der Waals surface area contributed by atoms with Crippen molar-refractivity contribution in [2.45, 2.75) is 17.6 Å². The van der Waals surface area contributed by atoms with Gasteiger partial charge < -0.3 is 0 Å². The van der Waals surface area contributed by atoms with Gasteiger partial charge in [0.25, 0.3) is 0 Å². The Morgan fingerprint density at radius 3 is 2.56 bits per heavy atom. The second-order valence-electron chi connectivity index (χ2n) is 3.58. The lowest BCUT2D eigenvalue weighted by Gasteiger charge is -2.04. The molecule has 0 aliphatic rings. The Kier molecular flexibility index (Phi) is 3.47. The van der Waals surface area contributed by atoms with Crippen molar-refractivity contribution in [1.82, 2.24) is 4.98 Å². The van der Waals surface area contributed by atoms with E-state index in [1.165, 1.54) is 0 Å². The van der Waals surface area contributed by atoms with Gasteiger partial charge in [0, 0.05) is 11.1 Å². The van der Waals surface area contributed by atoms with Gasteiger partial charge in [-0.05, 0) is 30.7 Å². The van der Waals surface area contributed by atoms with Crippen LogP contribution in [0.4, 0.5) is 0 Å². The van der Waals surface area contributed by atoms with Crippen LogP contribution in [-0.4, -0.2) is 9.19 Å². The molecule has 2 nitrogen and oxygen atoms in total. The summed E-state index contributed by atoms with van der Waals surface area (Å²) < 4.78 is 12.1. The van der Waals surface area contributed by atoms with Gasteiger partial charge in [0.15, 0.2) is 0 Å². The molecule has 0 radical (unpaired) electrons. The minimum Gasteiger partial charge on any atom is -0.260 e. The van der Waals surface area contributed by atoms with Crippen LogP contribution in [0.1, 0.15) is 11.3 Å². The van der Waals surface area contributed by atoms with E-state index >= 15 is 0 Å². The lowest BCUT2D eigenvalue weighted by Crippen LogP contribution is -2.00. The minimum atomic E-state index is -1.01. The Morgan fingerprint density at radius 1 is 1.12 bits per heavy atom. The molecule has 0 unspecified atom stereocenters. The lowest BCUT2D eigenvalue weighted by molar-refractivity contribution is 0.681. The molecule has 16 heavy (non-hydrogen) atoms. The molecule has 0 amide bonds. The zero-order valence-electron chi connectivity index (χ0n) is 9.09. The zero-order valence-corrected chi connectivity index (χ0v) is 9.91. The number of nitrogens with zero attached hydrogens (tertiary/aromatic N) is 1. The van der Waals surface area contributed by atoms with Crippen molar-refractivity contribution < 1.29 is 4.21 Å². The largest absolute Gasteiger partial charge is 0.260 e. The van der Waals surface area contributed by atoms with E-state index in [1.54, 1.807) is 6.20 Å². The molecule has 2 aromatic rings. The smallest absolute Gasteiger partial charge is 0.0705 e. The first kappa shape index (κ1) is 11.0. The number of pyridine rings is 1. The lowest BCUT2D eigenvalue weighted by atomic mass is 10.2. The van der Waals surface area contributed by atoms with E-state index < -0.39 is 10.8 Å². The Balaban J connectivity index is 2.19. The fourth-order valence-corrected chi connectivity index (χ4v) is 2.76. The number of aryl methyl sites for hydroxylation is 1. The highest BCUT2D eigenvalue weighted by atomic mass is 32.2. The van der Waals surface area contributed by atoms with Gasteiger partial charge in [0.2, 0.25) is 0 Å². The highest BCUT2D eigenvalue weighted by Crippen LogP contribution is 2.15. The molecule has 1 atom stereocenters. The van der Waals surface area contributed by atoms with E-state index in [2.05, 4.69) is 4.98 Å². The summed E-state index contributed by atoms with van der Waals surface area (Å²) in [5.41, 5.74) is 1.93. The van der Waals surface area contributed by atoms with Crippen molar-refractivity contribution in [3.63, 3.8) is 0 Å². The molecule has 0 aliphatic heterocycles. The Bertz CT molecular complexity index is 496. The van der Waals surface area contributed by atoms with E-state index in [0.29, 0.717) is 5.75 Å². The van der Waals surface area contributed by atoms with Crippen LogP contribution in [0.5, 0.6) is 0 Å². The third kappa shape index (κ3) is 2.55. The van der Waals surface area contributed by atoms with Crippen molar-refractivity contribution >= 4 is 10.8 Å². The summed E-state index contributed by atoms with van der Waals surface area (Å²) in [4.78, 5) is 5.08. The maximum Gasteiger partial charge on any atom is 0.0705 e. The number of rotatable bonds is 3. The summed E-state index contributed by atoms with van der Waals surface area (Å²) in [7, 11) is -1.01. The van der Waals surface area contributed by atoms with E-state index in [1.807, 2.05) is 49.4 Å². The molecule has 1 heterocycles. The van der Waals surface area contributed by atoms with Gasteiger partial charge in [-0.2, -0.15) is 0 Å². The van der Waals surface area contributed by atoms with Gasteiger partial charge in [-0.15, -0.1) is 0 Å². The van der Waals surface area contributed by atoms with Crippen LogP contribution < -0.4 is 0 Å². The van der Waals surface area contributed by atoms with Crippen molar-refractivity contribution in [2.75, 3.05) is 0 Å². The van der Waals surface area contributed by atoms with Crippen LogP contribution in [-0.2, 0) is 16.6 Å². The zero-order chi connectivity index (χ0) is 11.4. The fraction of sp³-hybridized carbons (Fsp3) is 0.154. The number of hydrogen-bond donors (Lipinski definition) is 0. The van der Waals surface area contributed by atoms with Gasteiger partial charge in [0.1, 0.15) is 0 Å². The van der Waals surface area contributed by atoms with Crippen molar-refractivity contribution in [1.29, 1.82) is 0 Å². The standard InChI is InChI=1S/C13H13NOS/c1-11-6-2-3-8-13(11)16(15)10-12-7-4-5-9-14-12/h2-9H,10H2,1H3/t16-/m1/s1. The molecular formula is C13H13NOS. The first-order valence-corrected chi connectivity index (χ1v) is 6.43. The molecule has 82 valence electrons. The van der Waals surface area contributed by atoms with Crippen molar-refractivity contribution in [2.24, 2.45) is 0 Å². The van der Waals surface area contributed by atoms with Crippen LogP contribution in [0.15, 0.2) is 53.6 Å². The summed E-state index contributed by atoms with van der Waals surface area (Å²) in [6.45, 7) is 1.98. The molecule has 1 aromatic heterocycles. The molecular weight excluding hydrogens is 218 g/mol. The number of hydrogen-bond acceptors (Lipinski definition) is 2. The minimum absolute atomic E-state index is 0.478. The van der Waals surface area contributed by atoms with E-state index in [0.717, 1.165) is 16.2 Å². The third-order valence-corrected chi connectivity index (χ3v) is 3.85. The molecule has 0 N–H and O–H groups in total. The molecule has 0 bridgehead atoms. The number of aromatic nitrogens is 1. The molecule has 0 fully saturated rings. The first-order chi connectivity index (χ1) is 7.77. The normalized spacial score (nSPS) is 12.3. The summed E-state index contributed by atoms with van der Waals surface area (Å²) in [5.74, 6) is 0.478. The average Bonchev–Trinajstić information content (AvgIpc) is 2.31. The molecule has 0 aliphatic carbocycles. The SMILES string of the molecule is Cc1ccccc1[S@](=O)Cc1ccccn1. The third-order valence-electron chi connectivity index (χ3n) is 2.34. The van der Waals surface area contributed by atoms with Gasteiger partial charge in [0.05, 0.1) is 22.2 Å². The van der Waals surface area contributed by atoms with Crippen LogP contribution in [0.3, 0.4) is 0 Å². The summed E-state index contributed by atoms with van der Waals surface area (Å²) in [5, 5.41) is 0. The van der Waals surface area contributed by atoms with Crippen LogP contribution in [0, 0.1) is 6.92 Å². The van der Waals surface area contributed by atoms with E-state index in [9.17, 15) is 4.21 Å². The van der Waals surface area contributed by atoms with Crippen molar-refractivity contribution in [3.8, 4) is 0 Å². The molecule has 0 saturated carbocycles. The van der Waals surface area contributed by atoms with E-state index in [4.69, 9.17) is 0 Å². The molecule has 2 rings (SSSR count). The second kappa shape index (κ2) is 5.03. The fourth-order valence-electron chi connectivity index (χ4n) is 1.51. The molecule has 3 heteroatoms. The summed E-state index contributed by atoms with van der Waals surface area (Å²) in [6, 6.07) is 13.4. The van der Waals surface area contributed by atoms with Gasteiger partial charge in [-0.3, -0.25) is 9.19 Å². The Morgan fingerprint density at radius 2 is 1.88 bits per heavy atom. The van der Waals surface area contributed by atoms with Gasteiger partial charge >= 0.3 is 0 Å². The highest BCUT2D eigenvalue weighted by Gasteiger charge is 2.07. The maximum absolute atomic E-state index is 12.1. The average molecular weight is 231 g/mol. The Hall–Kier alpha value is -1.48. The highest BCUT2D eigenvalue weighted by molar-refractivity contribution is 7.84. The number of benzene rings is 1. The topological polar surface area (TPSA) is 30.0 Å². The monoisotopic (exact) mass is 231 g/mol. The second-order valence-corrected chi connectivity index (χ2v) is 5.00. The Labute approximate surface area is 97.8 Å². The molecule has 1 aromatic carbocycles. The maximum atomic E-state index is 12.1. The summed E-state index contributed by atoms with van der Waals surface area (Å²) in [6.07, 6.45) is 1.73. The van der Waals surface area contributed by atoms with Crippen molar-refractivity contribution in [3.05, 3.63) is 59.9 Å². The predicted molar refractivity (Wildman–Crippen MR) is 65.5 cm³/mol. The van der Waals surface area contributed by atoms with Crippen LogP contribution >= 0.6 is 0 Å². The van der Waals surface area contributed by atoms with Crippen LogP contribution in [0.25, 0.3) is 0 Å². The first-order valence-electron chi connectivity index (χ1n) is 5.11. The van der Waals surface area contributed by atoms with Gasteiger partial charge in [-0.1, -0.05) is 24.3 Å². The van der Waals surface area contributed by atoms with Crippen LogP contribution in [0.2, 0.25) is 0 Å². The quantitative estimate of drug-likeness (QED) is 0.813. The predicted octanol–water partition coefficient (Wildman–Crippen LogP) is 2.70. The summed E-state index contributed by atoms with van der Waals surface area (Å²) >= 11 is 0. The van der Waals surface area contributed by atoms with Gasteiger partial charge in [-0.25, -0.2) is 0 Å². The molecule has 0 spiro atoms. The molecule has 0 saturated heterocycles.